The van der Waals surface area contributed by atoms with E-state index in [-0.39, 0.29) is 0 Å². The Bertz CT molecular complexity index is 389. The van der Waals surface area contributed by atoms with E-state index in [4.69, 9.17) is 0 Å². The van der Waals surface area contributed by atoms with Crippen LogP contribution >= 0.6 is 0 Å². The van der Waals surface area contributed by atoms with Gasteiger partial charge in [-0.3, -0.25) is 4.68 Å². The molecular formula is C15H28N4. The molecule has 108 valence electrons. The Kier molecular flexibility index (Phi) is 4.63. The fourth-order valence-electron chi connectivity index (χ4n) is 3.00. The van der Waals surface area contributed by atoms with Crippen LogP contribution in [0.25, 0.3) is 0 Å². The predicted octanol–water partition coefficient (Wildman–Crippen LogP) is 2.43. The maximum atomic E-state index is 4.58. The number of rotatable bonds is 6. The van der Waals surface area contributed by atoms with Crippen LogP contribution in [0.15, 0.2) is 12.3 Å². The Morgan fingerprint density at radius 1 is 1.37 bits per heavy atom. The quantitative estimate of drug-likeness (QED) is 0.856. The van der Waals surface area contributed by atoms with Gasteiger partial charge in [-0.2, -0.15) is 5.10 Å². The average molecular weight is 264 g/mol. The molecule has 1 saturated carbocycles. The third kappa shape index (κ3) is 3.37. The summed E-state index contributed by atoms with van der Waals surface area (Å²) in [6, 6.07) is 2.56. The molecule has 0 bridgehead atoms. The normalized spacial score (nSPS) is 18.6. The lowest BCUT2D eigenvalue weighted by molar-refractivity contribution is 0.153. The summed E-state index contributed by atoms with van der Waals surface area (Å²) in [4.78, 5) is 2.40. The number of nitrogens with zero attached hydrogens (tertiary/aromatic N) is 3. The molecule has 19 heavy (non-hydrogen) atoms. The van der Waals surface area contributed by atoms with Crippen LogP contribution in [0, 0.1) is 0 Å². The topological polar surface area (TPSA) is 33.1 Å². The van der Waals surface area contributed by atoms with Crippen molar-refractivity contribution in [3.05, 3.63) is 18.0 Å². The van der Waals surface area contributed by atoms with Crippen LogP contribution < -0.4 is 5.32 Å². The van der Waals surface area contributed by atoms with Crippen LogP contribution in [-0.4, -0.2) is 40.9 Å². The summed E-state index contributed by atoms with van der Waals surface area (Å²) in [5, 5.41) is 8.18. The first-order valence-electron chi connectivity index (χ1n) is 7.46. The highest BCUT2D eigenvalue weighted by atomic mass is 15.3. The smallest absolute Gasteiger partial charge is 0.0762 e. The molecular weight excluding hydrogens is 236 g/mol. The van der Waals surface area contributed by atoms with E-state index in [1.165, 1.54) is 25.7 Å². The van der Waals surface area contributed by atoms with E-state index in [2.05, 4.69) is 55.5 Å². The van der Waals surface area contributed by atoms with Gasteiger partial charge in [-0.25, -0.2) is 0 Å². The SMILES string of the molecule is CC(C)n1ccc(CNCC2(N(C)C)CCCC2)n1. The zero-order chi connectivity index (χ0) is 13.9. The van der Waals surface area contributed by atoms with Gasteiger partial charge >= 0.3 is 0 Å². The van der Waals surface area contributed by atoms with Gasteiger partial charge in [0.25, 0.3) is 0 Å². The van der Waals surface area contributed by atoms with Gasteiger partial charge in [-0.05, 0) is 46.9 Å². The molecule has 0 unspecified atom stereocenters. The van der Waals surface area contributed by atoms with E-state index >= 15 is 0 Å². The number of likely N-dealkylation sites (N-methyl/N-ethyl adjacent to an activating group) is 1. The van der Waals surface area contributed by atoms with Crippen molar-refractivity contribution >= 4 is 0 Å². The second kappa shape index (κ2) is 6.06. The predicted molar refractivity (Wildman–Crippen MR) is 79.2 cm³/mol. The van der Waals surface area contributed by atoms with Crippen LogP contribution in [0.4, 0.5) is 0 Å². The van der Waals surface area contributed by atoms with Gasteiger partial charge in [0.1, 0.15) is 0 Å². The van der Waals surface area contributed by atoms with Crippen LogP contribution in [0.2, 0.25) is 0 Å². The zero-order valence-electron chi connectivity index (χ0n) is 12.8. The first-order chi connectivity index (χ1) is 9.03. The number of nitrogens with one attached hydrogen (secondary N) is 1. The molecule has 2 rings (SSSR count). The summed E-state index contributed by atoms with van der Waals surface area (Å²) in [5.74, 6) is 0. The van der Waals surface area contributed by atoms with Gasteiger partial charge in [-0.1, -0.05) is 12.8 Å². The van der Waals surface area contributed by atoms with Crippen LogP contribution in [0.1, 0.15) is 51.3 Å². The molecule has 0 atom stereocenters. The molecule has 1 heterocycles. The maximum absolute atomic E-state index is 4.58. The monoisotopic (exact) mass is 264 g/mol. The Hall–Kier alpha value is -0.870. The summed E-state index contributed by atoms with van der Waals surface area (Å²) in [6.07, 6.45) is 7.42. The fourth-order valence-corrected chi connectivity index (χ4v) is 3.00. The van der Waals surface area contributed by atoms with Crippen molar-refractivity contribution in [1.82, 2.24) is 20.0 Å². The van der Waals surface area contributed by atoms with E-state index in [9.17, 15) is 0 Å². The second-order valence-electron chi connectivity index (χ2n) is 6.31. The molecule has 4 heteroatoms. The number of hydrogen-bond acceptors (Lipinski definition) is 3. The van der Waals surface area contributed by atoms with Crippen molar-refractivity contribution in [1.29, 1.82) is 0 Å². The molecule has 1 aromatic heterocycles. The van der Waals surface area contributed by atoms with Gasteiger partial charge in [-0.15, -0.1) is 0 Å². The average Bonchev–Trinajstić information content (AvgIpc) is 2.98. The zero-order valence-corrected chi connectivity index (χ0v) is 12.8. The Labute approximate surface area is 117 Å². The summed E-state index contributed by atoms with van der Waals surface area (Å²) in [6.45, 7) is 6.25. The minimum absolute atomic E-state index is 0.362. The highest BCUT2D eigenvalue weighted by Gasteiger charge is 2.35. The van der Waals surface area contributed by atoms with Crippen molar-refractivity contribution in [2.24, 2.45) is 0 Å². The lowest BCUT2D eigenvalue weighted by Gasteiger charge is -2.36. The first kappa shape index (κ1) is 14.5. The molecule has 1 aliphatic rings. The molecule has 1 aromatic rings. The Morgan fingerprint density at radius 3 is 2.58 bits per heavy atom. The number of hydrogen-bond donors (Lipinski definition) is 1. The van der Waals surface area contributed by atoms with Gasteiger partial charge in [0.05, 0.1) is 5.69 Å². The lowest BCUT2D eigenvalue weighted by Crippen LogP contribution is -2.49. The van der Waals surface area contributed by atoms with Crippen molar-refractivity contribution < 1.29 is 0 Å². The molecule has 1 fully saturated rings. The van der Waals surface area contributed by atoms with Gasteiger partial charge in [0.2, 0.25) is 0 Å². The minimum Gasteiger partial charge on any atom is -0.309 e. The molecule has 0 spiro atoms. The second-order valence-corrected chi connectivity index (χ2v) is 6.31. The van der Waals surface area contributed by atoms with Crippen molar-refractivity contribution in [2.75, 3.05) is 20.6 Å². The Balaban J connectivity index is 1.85. The highest BCUT2D eigenvalue weighted by molar-refractivity contribution is 5.00. The van der Waals surface area contributed by atoms with Gasteiger partial charge < -0.3 is 10.2 Å². The molecule has 1 N–H and O–H groups in total. The highest BCUT2D eigenvalue weighted by Crippen LogP contribution is 2.33. The van der Waals surface area contributed by atoms with Crippen molar-refractivity contribution in [2.45, 2.75) is 57.7 Å². The largest absolute Gasteiger partial charge is 0.309 e. The van der Waals surface area contributed by atoms with E-state index in [0.29, 0.717) is 11.6 Å². The lowest BCUT2D eigenvalue weighted by atomic mass is 9.96. The first-order valence-corrected chi connectivity index (χ1v) is 7.46. The molecule has 0 radical (unpaired) electrons. The third-order valence-corrected chi connectivity index (χ3v) is 4.44. The van der Waals surface area contributed by atoms with Crippen LogP contribution in [0.5, 0.6) is 0 Å². The molecule has 4 nitrogen and oxygen atoms in total. The van der Waals surface area contributed by atoms with E-state index < -0.39 is 0 Å². The third-order valence-electron chi connectivity index (χ3n) is 4.44. The fraction of sp³-hybridized carbons (Fsp3) is 0.800. The molecule has 0 amide bonds. The van der Waals surface area contributed by atoms with Crippen LogP contribution in [-0.2, 0) is 6.54 Å². The summed E-state index contributed by atoms with van der Waals surface area (Å²) in [5.41, 5.74) is 1.50. The molecule has 0 aromatic carbocycles. The van der Waals surface area contributed by atoms with Crippen molar-refractivity contribution in [3.8, 4) is 0 Å². The summed E-state index contributed by atoms with van der Waals surface area (Å²) >= 11 is 0. The van der Waals surface area contributed by atoms with Gasteiger partial charge in [0, 0.05) is 30.9 Å². The van der Waals surface area contributed by atoms with E-state index in [1.807, 2.05) is 4.68 Å². The molecule has 0 aliphatic heterocycles. The van der Waals surface area contributed by atoms with E-state index in [1.54, 1.807) is 0 Å². The Morgan fingerprint density at radius 2 is 2.05 bits per heavy atom. The molecule has 1 aliphatic carbocycles. The molecule has 0 saturated heterocycles. The van der Waals surface area contributed by atoms with E-state index in [0.717, 1.165) is 18.8 Å². The maximum Gasteiger partial charge on any atom is 0.0762 e. The van der Waals surface area contributed by atoms with Crippen molar-refractivity contribution in [3.63, 3.8) is 0 Å². The minimum atomic E-state index is 0.362. The standard InChI is InChI=1S/C15H28N4/c1-13(2)19-10-7-14(17-19)11-16-12-15(18(3)4)8-5-6-9-15/h7,10,13,16H,5-6,8-9,11-12H2,1-4H3. The van der Waals surface area contributed by atoms with Crippen LogP contribution in [0.3, 0.4) is 0 Å². The van der Waals surface area contributed by atoms with Gasteiger partial charge in [0.15, 0.2) is 0 Å². The summed E-state index contributed by atoms with van der Waals surface area (Å²) < 4.78 is 2.02. The summed E-state index contributed by atoms with van der Waals surface area (Å²) in [7, 11) is 4.42. The number of aromatic nitrogens is 2.